The summed E-state index contributed by atoms with van der Waals surface area (Å²) < 4.78 is 20.4. The van der Waals surface area contributed by atoms with Gasteiger partial charge < -0.3 is 36.3 Å². The summed E-state index contributed by atoms with van der Waals surface area (Å²) in [6.07, 6.45) is 20.4. The van der Waals surface area contributed by atoms with Crippen LogP contribution in [-0.4, -0.2) is 81.7 Å². The summed E-state index contributed by atoms with van der Waals surface area (Å²) in [5, 5.41) is 0. The molecule has 298 valence electrons. The van der Waals surface area contributed by atoms with E-state index in [4.69, 9.17) is 31.4 Å². The van der Waals surface area contributed by atoms with E-state index in [-0.39, 0.29) is 23.0 Å². The molecule has 8 nitrogen and oxygen atoms in total. The second-order valence-electron chi connectivity index (χ2n) is 17.8. The lowest BCUT2D eigenvalue weighted by Crippen LogP contribution is -2.63. The zero-order valence-electron chi connectivity index (χ0n) is 33.9. The van der Waals surface area contributed by atoms with E-state index in [1.54, 1.807) is 0 Å². The summed E-state index contributed by atoms with van der Waals surface area (Å²) in [6.45, 7) is 18.3. The van der Waals surface area contributed by atoms with Crippen LogP contribution >= 0.6 is 0 Å². The normalized spacial score (nSPS) is 35.2. The Balaban J connectivity index is 1.56. The summed E-state index contributed by atoms with van der Waals surface area (Å²) in [6, 6.07) is 0. The minimum atomic E-state index is 0.0569. The molecule has 8 heteroatoms. The highest BCUT2D eigenvalue weighted by molar-refractivity contribution is 5.76. The van der Waals surface area contributed by atoms with Gasteiger partial charge >= 0.3 is 0 Å². The predicted octanol–water partition coefficient (Wildman–Crippen LogP) is 7.69. The maximum Gasteiger partial charge on any atom is 0.222 e. The lowest BCUT2D eigenvalue weighted by molar-refractivity contribution is -0.227. The van der Waals surface area contributed by atoms with E-state index in [9.17, 15) is 4.79 Å². The molecule has 0 aliphatic heterocycles. The fourth-order valence-corrected chi connectivity index (χ4v) is 11.8. The van der Waals surface area contributed by atoms with Crippen molar-refractivity contribution < 1.29 is 19.0 Å². The SMILES string of the molecule is CCCCCN(CCCCC)C(=O)CC[C@@H](C)C1CC[C@H]2C3[C@H](OCCCN)CC4C[C@H](OCCCN)CCC4(C)[C@H]3C[C@H](OCCCN)C12C. The molecule has 0 aromatic heterocycles. The van der Waals surface area contributed by atoms with E-state index in [1.165, 1.54) is 44.9 Å². The highest BCUT2D eigenvalue weighted by Gasteiger charge is 2.66. The molecule has 0 bridgehead atoms. The number of hydrogen-bond acceptors (Lipinski definition) is 7. The smallest absolute Gasteiger partial charge is 0.222 e. The number of fused-ring (bicyclic) bond motifs is 5. The predicted molar refractivity (Wildman–Crippen MR) is 210 cm³/mol. The lowest BCUT2D eigenvalue weighted by Gasteiger charge is -2.65. The van der Waals surface area contributed by atoms with Crippen LogP contribution in [0.1, 0.15) is 150 Å². The van der Waals surface area contributed by atoms with Crippen LogP contribution < -0.4 is 17.2 Å². The Morgan fingerprint density at radius 2 is 1.39 bits per heavy atom. The molecule has 0 saturated heterocycles. The number of rotatable bonds is 24. The third kappa shape index (κ3) is 10.5. The summed E-state index contributed by atoms with van der Waals surface area (Å²) in [5.74, 6) is 3.63. The van der Waals surface area contributed by atoms with Gasteiger partial charge in [0.25, 0.3) is 0 Å². The maximum atomic E-state index is 13.7. The van der Waals surface area contributed by atoms with Crippen molar-refractivity contribution in [1.82, 2.24) is 4.90 Å². The van der Waals surface area contributed by atoms with Gasteiger partial charge in [-0.2, -0.15) is 0 Å². The van der Waals surface area contributed by atoms with Crippen molar-refractivity contribution in [2.45, 2.75) is 169 Å². The number of hydrogen-bond donors (Lipinski definition) is 3. The van der Waals surface area contributed by atoms with E-state index in [1.807, 2.05) is 0 Å². The molecule has 0 aromatic carbocycles. The second-order valence-corrected chi connectivity index (χ2v) is 17.8. The third-order valence-electron chi connectivity index (χ3n) is 14.7. The van der Waals surface area contributed by atoms with E-state index in [0.29, 0.717) is 73.6 Å². The molecule has 4 fully saturated rings. The molecule has 0 radical (unpaired) electrons. The van der Waals surface area contributed by atoms with Gasteiger partial charge in [0.15, 0.2) is 0 Å². The van der Waals surface area contributed by atoms with Crippen molar-refractivity contribution >= 4 is 5.91 Å². The Bertz CT molecular complexity index is 991. The fourth-order valence-electron chi connectivity index (χ4n) is 11.8. The maximum absolute atomic E-state index is 13.7. The molecule has 4 aliphatic carbocycles. The zero-order chi connectivity index (χ0) is 36.9. The molecule has 4 saturated carbocycles. The molecule has 4 aliphatic rings. The van der Waals surface area contributed by atoms with Crippen LogP contribution in [0.5, 0.6) is 0 Å². The molecular weight excluding hydrogens is 636 g/mol. The zero-order valence-corrected chi connectivity index (χ0v) is 33.9. The highest BCUT2D eigenvalue weighted by Crippen LogP contribution is 2.69. The molecule has 0 heterocycles. The van der Waals surface area contributed by atoms with Crippen LogP contribution in [0.25, 0.3) is 0 Å². The standard InChI is InChI=1S/C43H82N4O4/c1-6-8-10-24-47(25-11-9-7-2)40(48)18-15-32(3)35-16-17-36-41-37(31-39(43(35,36)5)51-28-14-23-46)42(4)20-19-34(49-26-12-21-44)29-33(42)30-38(41)50-27-13-22-45/h32-39,41H,6-31,44-46H2,1-5H3/t32-,33?,34-,35?,36+,37+,38-,39+,41?,42?,43?/m1/s1. The van der Waals surface area contributed by atoms with E-state index >= 15 is 0 Å². The number of nitrogens with zero attached hydrogens (tertiary/aromatic N) is 1. The van der Waals surface area contributed by atoms with Crippen LogP contribution in [-0.2, 0) is 19.0 Å². The molecule has 6 N–H and O–H groups in total. The number of ether oxygens (including phenoxy) is 3. The summed E-state index contributed by atoms with van der Waals surface area (Å²) >= 11 is 0. The fraction of sp³-hybridized carbons (Fsp3) is 0.977. The van der Waals surface area contributed by atoms with E-state index in [2.05, 4.69) is 39.5 Å². The Morgan fingerprint density at radius 1 is 0.765 bits per heavy atom. The van der Waals surface area contributed by atoms with Crippen molar-refractivity contribution in [3.05, 3.63) is 0 Å². The first-order valence-electron chi connectivity index (χ1n) is 21.9. The Hall–Kier alpha value is -0.770. The van der Waals surface area contributed by atoms with E-state index in [0.717, 1.165) is 97.1 Å². The van der Waals surface area contributed by atoms with Crippen molar-refractivity contribution in [3.63, 3.8) is 0 Å². The van der Waals surface area contributed by atoms with Gasteiger partial charge in [-0.05, 0) is 144 Å². The molecule has 1 amide bonds. The van der Waals surface area contributed by atoms with Gasteiger partial charge in [0.05, 0.1) is 18.3 Å². The largest absolute Gasteiger partial charge is 0.378 e. The summed E-state index contributed by atoms with van der Waals surface area (Å²) in [7, 11) is 0. The Morgan fingerprint density at radius 3 is 2.02 bits per heavy atom. The average molecular weight is 719 g/mol. The van der Waals surface area contributed by atoms with Crippen molar-refractivity contribution in [3.8, 4) is 0 Å². The van der Waals surface area contributed by atoms with Gasteiger partial charge in [-0.1, -0.05) is 60.3 Å². The minimum Gasteiger partial charge on any atom is -0.378 e. The van der Waals surface area contributed by atoms with E-state index < -0.39 is 0 Å². The Kier molecular flexibility index (Phi) is 18.0. The van der Waals surface area contributed by atoms with Crippen molar-refractivity contribution in [1.29, 1.82) is 0 Å². The third-order valence-corrected chi connectivity index (χ3v) is 14.7. The minimum absolute atomic E-state index is 0.0569. The average Bonchev–Trinajstić information content (AvgIpc) is 3.48. The van der Waals surface area contributed by atoms with Gasteiger partial charge in [-0.15, -0.1) is 0 Å². The number of unbranched alkanes of at least 4 members (excludes halogenated alkanes) is 4. The summed E-state index contributed by atoms with van der Waals surface area (Å²) in [4.78, 5) is 15.9. The molecule has 5 unspecified atom stereocenters. The Labute approximate surface area is 313 Å². The van der Waals surface area contributed by atoms with Crippen molar-refractivity contribution in [2.75, 3.05) is 52.5 Å². The van der Waals surface area contributed by atoms with Gasteiger partial charge in [0.2, 0.25) is 5.91 Å². The molecule has 4 rings (SSSR count). The van der Waals surface area contributed by atoms with Gasteiger partial charge in [-0.25, -0.2) is 0 Å². The molecular formula is C43H82N4O4. The molecule has 0 spiro atoms. The van der Waals surface area contributed by atoms with Crippen molar-refractivity contribution in [2.24, 2.45) is 63.5 Å². The monoisotopic (exact) mass is 719 g/mol. The molecule has 51 heavy (non-hydrogen) atoms. The van der Waals surface area contributed by atoms with Gasteiger partial charge in [0, 0.05) is 44.7 Å². The van der Waals surface area contributed by atoms with Crippen LogP contribution in [0.3, 0.4) is 0 Å². The number of carbonyl (C=O) groups excluding carboxylic acids is 1. The first-order valence-corrected chi connectivity index (χ1v) is 21.9. The molecule has 11 atom stereocenters. The lowest BCUT2D eigenvalue weighted by atomic mass is 9.43. The molecule has 0 aromatic rings. The topological polar surface area (TPSA) is 126 Å². The van der Waals surface area contributed by atoms with Crippen LogP contribution in [0.4, 0.5) is 0 Å². The quantitative estimate of drug-likeness (QED) is 0.0874. The first kappa shape index (κ1) is 43.0. The van der Waals surface area contributed by atoms with Crippen LogP contribution in [0.2, 0.25) is 0 Å². The second kappa shape index (κ2) is 21.4. The van der Waals surface area contributed by atoms with Gasteiger partial charge in [0.1, 0.15) is 0 Å². The number of nitrogens with two attached hydrogens (primary N) is 3. The van der Waals surface area contributed by atoms with Crippen LogP contribution in [0, 0.1) is 46.3 Å². The highest BCUT2D eigenvalue weighted by atomic mass is 16.5. The summed E-state index contributed by atoms with van der Waals surface area (Å²) in [5.41, 5.74) is 18.1. The first-order chi connectivity index (χ1) is 24.7. The number of carbonyl (C=O) groups is 1. The van der Waals surface area contributed by atoms with Gasteiger partial charge in [-0.3, -0.25) is 4.79 Å². The van der Waals surface area contributed by atoms with Crippen LogP contribution in [0.15, 0.2) is 0 Å². The number of amides is 1.